The van der Waals surface area contributed by atoms with Gasteiger partial charge >= 0.3 is 0 Å². The summed E-state index contributed by atoms with van der Waals surface area (Å²) < 4.78 is 0. The molecule has 1 N–H and O–H groups in total. The standard InChI is InChI=1S/C20H20Cl2N2O3/c1-2-18(26)23-8-10-24(11-9-23)19(27)20(22)7-6-16(25)13-17(20)14-4-3-5-15(21)12-14/h2-6,12-13,25H,1,7-11H2. The van der Waals surface area contributed by atoms with E-state index in [0.29, 0.717) is 42.3 Å². The number of nitrogens with zero attached hydrogens (tertiary/aromatic N) is 2. The second-order valence-corrected chi connectivity index (χ2v) is 7.61. The average molecular weight is 407 g/mol. The second-order valence-electron chi connectivity index (χ2n) is 6.52. The molecular weight excluding hydrogens is 387 g/mol. The minimum Gasteiger partial charge on any atom is -0.508 e. The van der Waals surface area contributed by atoms with Gasteiger partial charge in [-0.25, -0.2) is 0 Å². The molecule has 3 rings (SSSR count). The van der Waals surface area contributed by atoms with Gasteiger partial charge < -0.3 is 14.9 Å². The van der Waals surface area contributed by atoms with Crippen molar-refractivity contribution < 1.29 is 14.7 Å². The number of allylic oxidation sites excluding steroid dienone is 2. The van der Waals surface area contributed by atoms with Crippen molar-refractivity contribution in [2.24, 2.45) is 0 Å². The van der Waals surface area contributed by atoms with Crippen LogP contribution in [-0.4, -0.2) is 57.8 Å². The van der Waals surface area contributed by atoms with Gasteiger partial charge in [-0.2, -0.15) is 0 Å². The van der Waals surface area contributed by atoms with Crippen LogP contribution in [0, 0.1) is 0 Å². The monoisotopic (exact) mass is 406 g/mol. The van der Waals surface area contributed by atoms with Crippen LogP contribution in [0.15, 0.2) is 54.8 Å². The zero-order valence-electron chi connectivity index (χ0n) is 14.7. The van der Waals surface area contributed by atoms with Crippen LogP contribution in [0.3, 0.4) is 0 Å². The lowest BCUT2D eigenvalue weighted by Crippen LogP contribution is -2.55. The lowest BCUT2D eigenvalue weighted by molar-refractivity contribution is -0.138. The third-order valence-electron chi connectivity index (χ3n) is 4.84. The summed E-state index contributed by atoms with van der Waals surface area (Å²) in [6, 6.07) is 7.03. The number of aliphatic hydroxyl groups is 1. The van der Waals surface area contributed by atoms with Crippen LogP contribution >= 0.6 is 23.2 Å². The lowest BCUT2D eigenvalue weighted by Gasteiger charge is -2.40. The Kier molecular flexibility index (Phi) is 5.63. The molecule has 27 heavy (non-hydrogen) atoms. The van der Waals surface area contributed by atoms with Crippen molar-refractivity contribution >= 4 is 40.6 Å². The number of aliphatic hydroxyl groups excluding tert-OH is 1. The highest BCUT2D eigenvalue weighted by molar-refractivity contribution is 6.42. The highest BCUT2D eigenvalue weighted by atomic mass is 35.5. The molecule has 0 saturated carbocycles. The van der Waals surface area contributed by atoms with E-state index in [9.17, 15) is 14.7 Å². The van der Waals surface area contributed by atoms with Gasteiger partial charge in [0.05, 0.1) is 0 Å². The third kappa shape index (κ3) is 3.89. The fourth-order valence-corrected chi connectivity index (χ4v) is 3.91. The van der Waals surface area contributed by atoms with E-state index in [1.54, 1.807) is 34.1 Å². The predicted octanol–water partition coefficient (Wildman–Crippen LogP) is 3.40. The molecule has 7 heteroatoms. The summed E-state index contributed by atoms with van der Waals surface area (Å²) in [5.41, 5.74) is 1.20. The van der Waals surface area contributed by atoms with Crippen molar-refractivity contribution in [3.05, 3.63) is 65.4 Å². The van der Waals surface area contributed by atoms with Crippen molar-refractivity contribution in [1.82, 2.24) is 9.80 Å². The van der Waals surface area contributed by atoms with Gasteiger partial charge in [0.1, 0.15) is 5.76 Å². The number of carbonyl (C=O) groups excluding carboxylic acids is 2. The van der Waals surface area contributed by atoms with Gasteiger partial charge in [-0.3, -0.25) is 9.59 Å². The summed E-state index contributed by atoms with van der Waals surface area (Å²) >= 11 is 12.9. The number of benzene rings is 1. The average Bonchev–Trinajstić information content (AvgIpc) is 2.68. The zero-order chi connectivity index (χ0) is 19.6. The maximum atomic E-state index is 13.3. The van der Waals surface area contributed by atoms with E-state index in [-0.39, 0.29) is 24.0 Å². The Morgan fingerprint density at radius 2 is 1.85 bits per heavy atom. The number of hydrogen-bond donors (Lipinski definition) is 1. The number of hydrogen-bond acceptors (Lipinski definition) is 3. The lowest BCUT2D eigenvalue weighted by atomic mass is 9.84. The van der Waals surface area contributed by atoms with E-state index in [2.05, 4.69) is 6.58 Å². The molecule has 1 aromatic carbocycles. The fraction of sp³-hybridized carbons (Fsp3) is 0.300. The highest BCUT2D eigenvalue weighted by Crippen LogP contribution is 2.42. The maximum Gasteiger partial charge on any atom is 0.248 e. The summed E-state index contributed by atoms with van der Waals surface area (Å²) in [4.78, 5) is 27.0. The molecule has 5 nitrogen and oxygen atoms in total. The molecule has 1 unspecified atom stereocenters. The van der Waals surface area contributed by atoms with E-state index >= 15 is 0 Å². The number of halogens is 2. The summed E-state index contributed by atoms with van der Waals surface area (Å²) in [6.07, 6.45) is 4.49. The summed E-state index contributed by atoms with van der Waals surface area (Å²) in [7, 11) is 0. The van der Waals surface area contributed by atoms with E-state index in [0.717, 1.165) is 0 Å². The van der Waals surface area contributed by atoms with Crippen LogP contribution in [0.5, 0.6) is 0 Å². The van der Waals surface area contributed by atoms with Crippen LogP contribution in [0.2, 0.25) is 5.02 Å². The number of amides is 2. The van der Waals surface area contributed by atoms with Crippen molar-refractivity contribution in [3.8, 4) is 0 Å². The van der Waals surface area contributed by atoms with Crippen LogP contribution in [-0.2, 0) is 9.59 Å². The molecule has 1 aliphatic carbocycles. The van der Waals surface area contributed by atoms with Gasteiger partial charge in [0.25, 0.3) is 0 Å². The van der Waals surface area contributed by atoms with Gasteiger partial charge in [-0.15, -0.1) is 11.6 Å². The number of piperazine rings is 1. The molecule has 0 spiro atoms. The minimum absolute atomic E-state index is 0.0652. The molecule has 1 saturated heterocycles. The largest absolute Gasteiger partial charge is 0.508 e. The van der Waals surface area contributed by atoms with Crippen molar-refractivity contribution in [1.29, 1.82) is 0 Å². The molecule has 142 valence electrons. The molecule has 1 fully saturated rings. The van der Waals surface area contributed by atoms with Crippen LogP contribution in [0.4, 0.5) is 0 Å². The smallest absolute Gasteiger partial charge is 0.248 e. The van der Waals surface area contributed by atoms with E-state index < -0.39 is 4.87 Å². The molecule has 2 aliphatic rings. The molecule has 0 radical (unpaired) electrons. The molecule has 1 aromatic rings. The van der Waals surface area contributed by atoms with E-state index in [1.807, 2.05) is 0 Å². The van der Waals surface area contributed by atoms with Crippen molar-refractivity contribution in [2.45, 2.75) is 11.3 Å². The molecular formula is C20H20Cl2N2O3. The fourth-order valence-electron chi connectivity index (χ4n) is 3.36. The minimum atomic E-state index is -1.33. The topological polar surface area (TPSA) is 60.9 Å². The molecule has 0 aromatic heterocycles. The second kappa shape index (κ2) is 7.79. The summed E-state index contributed by atoms with van der Waals surface area (Å²) in [5, 5.41) is 10.5. The van der Waals surface area contributed by atoms with Gasteiger partial charge in [-0.1, -0.05) is 30.3 Å². The number of carbonyl (C=O) groups is 2. The Bertz CT molecular complexity index is 841. The molecule has 2 amide bonds. The van der Waals surface area contributed by atoms with Crippen LogP contribution < -0.4 is 0 Å². The first-order valence-electron chi connectivity index (χ1n) is 8.62. The Hall–Kier alpha value is -2.24. The SMILES string of the molecule is C=CC(=O)N1CCN(C(=O)C2(Cl)CC=C(O)C=C2c2cccc(Cl)c2)CC1. The first kappa shape index (κ1) is 19.5. The first-order valence-corrected chi connectivity index (χ1v) is 9.37. The van der Waals surface area contributed by atoms with Gasteiger partial charge in [0.15, 0.2) is 4.87 Å². The summed E-state index contributed by atoms with van der Waals surface area (Å²) in [5.74, 6) is -0.326. The van der Waals surface area contributed by atoms with E-state index in [1.165, 1.54) is 18.2 Å². The first-order chi connectivity index (χ1) is 12.8. The van der Waals surface area contributed by atoms with E-state index in [4.69, 9.17) is 23.2 Å². The highest BCUT2D eigenvalue weighted by Gasteiger charge is 2.45. The van der Waals surface area contributed by atoms with Crippen LogP contribution in [0.1, 0.15) is 12.0 Å². The number of alkyl halides is 1. The van der Waals surface area contributed by atoms with Crippen molar-refractivity contribution in [3.63, 3.8) is 0 Å². The zero-order valence-corrected chi connectivity index (χ0v) is 16.2. The molecule has 1 heterocycles. The Morgan fingerprint density at radius 3 is 2.48 bits per heavy atom. The molecule has 1 atom stereocenters. The van der Waals surface area contributed by atoms with Crippen LogP contribution in [0.25, 0.3) is 5.57 Å². The van der Waals surface area contributed by atoms with Gasteiger partial charge in [0, 0.05) is 37.6 Å². The third-order valence-corrected chi connectivity index (χ3v) is 5.59. The molecule has 1 aliphatic heterocycles. The van der Waals surface area contributed by atoms with Crippen molar-refractivity contribution in [2.75, 3.05) is 26.2 Å². The predicted molar refractivity (Wildman–Crippen MR) is 107 cm³/mol. The molecule has 0 bridgehead atoms. The Morgan fingerprint density at radius 1 is 1.19 bits per heavy atom. The number of rotatable bonds is 3. The Labute approximate surface area is 168 Å². The maximum absolute atomic E-state index is 13.3. The summed E-state index contributed by atoms with van der Waals surface area (Å²) in [6.45, 7) is 5.14. The van der Waals surface area contributed by atoms with Gasteiger partial charge in [-0.05, 0) is 41.5 Å². The quantitative estimate of drug-likeness (QED) is 0.617. The Balaban J connectivity index is 1.85. The normalized spacial score (nSPS) is 22.7. The van der Waals surface area contributed by atoms with Gasteiger partial charge in [0.2, 0.25) is 11.8 Å².